The molecular weight excluding hydrogens is 380 g/mol. The van der Waals surface area contributed by atoms with Gasteiger partial charge in [-0.2, -0.15) is 0 Å². The highest BCUT2D eigenvalue weighted by molar-refractivity contribution is 5.89. The van der Waals surface area contributed by atoms with Crippen LogP contribution in [0, 0.1) is 11.8 Å². The van der Waals surface area contributed by atoms with Crippen molar-refractivity contribution < 1.29 is 14.3 Å². The first-order valence-corrected chi connectivity index (χ1v) is 11.5. The molecule has 0 spiro atoms. The fourth-order valence-electron chi connectivity index (χ4n) is 6.10. The number of piperidine rings is 3. The molecule has 30 heavy (non-hydrogen) atoms. The number of pyridine rings is 1. The maximum absolute atomic E-state index is 13.7. The Kier molecular flexibility index (Phi) is 5.74. The molecule has 2 amide bonds. The molecule has 162 valence electrons. The van der Waals surface area contributed by atoms with E-state index in [1.165, 1.54) is 5.56 Å². The van der Waals surface area contributed by atoms with Gasteiger partial charge in [0.15, 0.2) is 0 Å². The molecule has 5 heterocycles. The first kappa shape index (κ1) is 19.9. The van der Waals surface area contributed by atoms with Crippen molar-refractivity contribution in [2.45, 2.75) is 50.7 Å². The van der Waals surface area contributed by atoms with Gasteiger partial charge in [-0.25, -0.2) is 0 Å². The molecule has 7 nitrogen and oxygen atoms in total. The van der Waals surface area contributed by atoms with Gasteiger partial charge in [-0.05, 0) is 43.2 Å². The molecule has 4 aliphatic rings. The predicted octanol–water partition coefficient (Wildman–Crippen LogP) is 1.53. The van der Waals surface area contributed by atoms with Gasteiger partial charge >= 0.3 is 0 Å². The molecule has 5 rings (SSSR count). The lowest BCUT2D eigenvalue weighted by molar-refractivity contribution is -0.165. The minimum absolute atomic E-state index is 0.146. The van der Waals surface area contributed by atoms with Crippen molar-refractivity contribution in [3.63, 3.8) is 0 Å². The summed E-state index contributed by atoms with van der Waals surface area (Å²) >= 11 is 0. The molecule has 0 aromatic carbocycles. The monoisotopic (exact) mass is 412 g/mol. The van der Waals surface area contributed by atoms with Crippen molar-refractivity contribution in [3.8, 4) is 0 Å². The Bertz CT molecular complexity index is 765. The Morgan fingerprint density at radius 3 is 2.93 bits per heavy atom. The summed E-state index contributed by atoms with van der Waals surface area (Å²) in [5.41, 5.74) is 1.21. The number of nitrogens with zero attached hydrogens (tertiary/aromatic N) is 4. The van der Waals surface area contributed by atoms with Crippen LogP contribution >= 0.6 is 0 Å². The number of amides is 2. The van der Waals surface area contributed by atoms with Crippen LogP contribution in [0.2, 0.25) is 0 Å². The average Bonchev–Trinajstić information content (AvgIpc) is 3.05. The second-order valence-electron chi connectivity index (χ2n) is 9.31. The van der Waals surface area contributed by atoms with Crippen molar-refractivity contribution in [2.75, 3.05) is 39.4 Å². The van der Waals surface area contributed by atoms with Gasteiger partial charge in [0.2, 0.25) is 11.8 Å². The first-order chi connectivity index (χ1) is 14.7. The molecule has 4 atom stereocenters. The fraction of sp³-hybridized carbons (Fsp3) is 0.696. The molecule has 0 saturated carbocycles. The summed E-state index contributed by atoms with van der Waals surface area (Å²) in [5.74, 6) is 0.995. The number of rotatable bonds is 3. The highest BCUT2D eigenvalue weighted by Gasteiger charge is 2.52. The van der Waals surface area contributed by atoms with Crippen LogP contribution in [0.15, 0.2) is 24.5 Å². The minimum Gasteiger partial charge on any atom is -0.380 e. The Morgan fingerprint density at radius 1 is 1.17 bits per heavy atom. The topological polar surface area (TPSA) is 66.0 Å². The summed E-state index contributed by atoms with van der Waals surface area (Å²) in [4.78, 5) is 37.4. The Labute approximate surface area is 178 Å². The number of carbonyl (C=O) groups is 2. The van der Waals surface area contributed by atoms with Gasteiger partial charge in [0.25, 0.3) is 0 Å². The molecular formula is C23H32N4O3. The summed E-state index contributed by atoms with van der Waals surface area (Å²) < 4.78 is 5.57. The Morgan fingerprint density at radius 2 is 2.07 bits per heavy atom. The molecule has 0 aliphatic carbocycles. The molecule has 0 unspecified atom stereocenters. The van der Waals surface area contributed by atoms with Gasteiger partial charge in [0.1, 0.15) is 6.04 Å². The van der Waals surface area contributed by atoms with Crippen LogP contribution in [0.5, 0.6) is 0 Å². The molecule has 0 N–H and O–H groups in total. The van der Waals surface area contributed by atoms with E-state index >= 15 is 0 Å². The van der Waals surface area contributed by atoms with Crippen LogP contribution in [0.25, 0.3) is 0 Å². The lowest BCUT2D eigenvalue weighted by Gasteiger charge is -2.56. The lowest BCUT2D eigenvalue weighted by Crippen LogP contribution is -2.68. The van der Waals surface area contributed by atoms with Crippen molar-refractivity contribution in [1.82, 2.24) is 19.7 Å². The Balaban J connectivity index is 1.40. The van der Waals surface area contributed by atoms with Gasteiger partial charge in [0, 0.05) is 70.1 Å². The third kappa shape index (κ3) is 3.85. The predicted molar refractivity (Wildman–Crippen MR) is 111 cm³/mol. The van der Waals surface area contributed by atoms with Crippen molar-refractivity contribution >= 4 is 11.8 Å². The molecule has 4 saturated heterocycles. The van der Waals surface area contributed by atoms with E-state index in [4.69, 9.17) is 4.74 Å². The largest absolute Gasteiger partial charge is 0.380 e. The number of likely N-dealkylation sites (tertiary alicyclic amines) is 1. The maximum Gasteiger partial charge on any atom is 0.245 e. The first-order valence-electron chi connectivity index (χ1n) is 11.5. The summed E-state index contributed by atoms with van der Waals surface area (Å²) in [5, 5.41) is 0. The second kappa shape index (κ2) is 8.63. The van der Waals surface area contributed by atoms with Gasteiger partial charge in [-0.15, -0.1) is 0 Å². The van der Waals surface area contributed by atoms with E-state index in [9.17, 15) is 9.59 Å². The van der Waals surface area contributed by atoms with E-state index in [-0.39, 0.29) is 29.8 Å². The van der Waals surface area contributed by atoms with Crippen LogP contribution in [0.4, 0.5) is 0 Å². The van der Waals surface area contributed by atoms with Crippen molar-refractivity contribution in [2.24, 2.45) is 11.8 Å². The number of carbonyl (C=O) groups excluding carboxylic acids is 2. The van der Waals surface area contributed by atoms with E-state index in [0.29, 0.717) is 32.1 Å². The SMILES string of the molecule is O=C([C@H]1[C@H]2C[C@H](CN(Cc3cccnc3)C2)[C@@H]2CCCC(=O)N21)N1CCCOCC1. The Hall–Kier alpha value is -1.99. The highest BCUT2D eigenvalue weighted by atomic mass is 16.5. The third-order valence-corrected chi connectivity index (χ3v) is 7.33. The zero-order chi connectivity index (χ0) is 20.5. The van der Waals surface area contributed by atoms with Gasteiger partial charge in [-0.1, -0.05) is 6.07 Å². The lowest BCUT2D eigenvalue weighted by atomic mass is 9.71. The van der Waals surface area contributed by atoms with Gasteiger partial charge in [-0.3, -0.25) is 19.5 Å². The number of ether oxygens (including phenoxy) is 1. The van der Waals surface area contributed by atoms with Crippen molar-refractivity contribution in [1.29, 1.82) is 0 Å². The highest BCUT2D eigenvalue weighted by Crippen LogP contribution is 2.42. The maximum atomic E-state index is 13.7. The zero-order valence-corrected chi connectivity index (χ0v) is 17.6. The fourth-order valence-corrected chi connectivity index (χ4v) is 6.10. The molecule has 0 radical (unpaired) electrons. The second-order valence-corrected chi connectivity index (χ2v) is 9.31. The number of fused-ring (bicyclic) bond motifs is 4. The smallest absolute Gasteiger partial charge is 0.245 e. The van der Waals surface area contributed by atoms with Crippen LogP contribution in [-0.2, 0) is 20.9 Å². The molecule has 1 aromatic rings. The zero-order valence-electron chi connectivity index (χ0n) is 17.6. The summed E-state index contributed by atoms with van der Waals surface area (Å²) in [6.07, 6.45) is 8.22. The molecule has 4 aliphatic heterocycles. The van der Waals surface area contributed by atoms with Crippen LogP contribution in [0.3, 0.4) is 0 Å². The quantitative estimate of drug-likeness (QED) is 0.753. The van der Waals surface area contributed by atoms with Crippen LogP contribution in [0.1, 0.15) is 37.7 Å². The van der Waals surface area contributed by atoms with Gasteiger partial charge < -0.3 is 14.5 Å². The van der Waals surface area contributed by atoms with Crippen LogP contribution in [-0.4, -0.2) is 83.0 Å². The number of aromatic nitrogens is 1. The van der Waals surface area contributed by atoms with Crippen molar-refractivity contribution in [3.05, 3.63) is 30.1 Å². The summed E-state index contributed by atoms with van der Waals surface area (Å²) in [6, 6.07) is 3.99. The van der Waals surface area contributed by atoms with E-state index in [2.05, 4.69) is 16.0 Å². The normalized spacial score (nSPS) is 32.5. The third-order valence-electron chi connectivity index (χ3n) is 7.33. The standard InChI is InChI=1S/C23H32N4O3/c28-21-6-1-5-20-18-12-19(16-25(15-18)14-17-4-2-7-24-13-17)22(27(20)21)23(29)26-8-3-10-30-11-9-26/h2,4,7,13,18-20,22H,1,3,5-6,8-12,14-16H2/t18-,19+,20+,22-/m1/s1. The molecule has 7 heteroatoms. The molecule has 4 fully saturated rings. The number of hydrogen-bond donors (Lipinski definition) is 0. The molecule has 1 aromatic heterocycles. The number of hydrogen-bond acceptors (Lipinski definition) is 5. The van der Waals surface area contributed by atoms with Gasteiger partial charge in [0.05, 0.1) is 6.61 Å². The summed E-state index contributed by atoms with van der Waals surface area (Å²) in [6.45, 7) is 5.40. The van der Waals surface area contributed by atoms with Crippen LogP contribution < -0.4 is 0 Å². The summed E-state index contributed by atoms with van der Waals surface area (Å²) in [7, 11) is 0. The van der Waals surface area contributed by atoms with E-state index in [0.717, 1.165) is 51.9 Å². The van der Waals surface area contributed by atoms with E-state index in [1.54, 1.807) is 6.20 Å². The van der Waals surface area contributed by atoms with E-state index < -0.39 is 0 Å². The minimum atomic E-state index is -0.311. The molecule has 2 bridgehead atoms. The average molecular weight is 413 g/mol. The van der Waals surface area contributed by atoms with E-state index in [1.807, 2.05) is 22.1 Å².